The van der Waals surface area contributed by atoms with Crippen LogP contribution in [0.3, 0.4) is 0 Å². The van der Waals surface area contributed by atoms with Gasteiger partial charge in [-0.05, 0) is 37.8 Å². The lowest BCUT2D eigenvalue weighted by molar-refractivity contribution is -0.138. The van der Waals surface area contributed by atoms with Crippen LogP contribution in [0.1, 0.15) is 37.4 Å². The highest BCUT2D eigenvalue weighted by atomic mass is 16.4. The van der Waals surface area contributed by atoms with Crippen LogP contribution in [0.15, 0.2) is 24.3 Å². The maximum atomic E-state index is 10.7. The first kappa shape index (κ1) is 13.7. The normalized spacial score (nSPS) is 13.4. The molecule has 0 fully saturated rings. The second-order valence-corrected chi connectivity index (χ2v) is 4.87. The summed E-state index contributed by atoms with van der Waals surface area (Å²) in [5, 5.41) is 18.4. The van der Waals surface area contributed by atoms with E-state index in [1.807, 2.05) is 12.1 Å². The van der Waals surface area contributed by atoms with Crippen LogP contribution in [0.25, 0.3) is 0 Å². The van der Waals surface area contributed by atoms with E-state index < -0.39 is 17.6 Å². The van der Waals surface area contributed by atoms with Gasteiger partial charge in [-0.1, -0.05) is 24.3 Å². The van der Waals surface area contributed by atoms with Crippen LogP contribution in [0.2, 0.25) is 0 Å². The molecule has 0 aliphatic carbocycles. The molecule has 1 rings (SSSR count). The van der Waals surface area contributed by atoms with Crippen molar-refractivity contribution in [2.75, 3.05) is 0 Å². The number of hydrogen-bond acceptors (Lipinski definition) is 3. The summed E-state index contributed by atoms with van der Waals surface area (Å²) in [7, 11) is 0. The van der Waals surface area contributed by atoms with Crippen LogP contribution in [0.4, 0.5) is 0 Å². The Morgan fingerprint density at radius 1 is 1.35 bits per heavy atom. The minimum absolute atomic E-state index is 0.588. The molecule has 1 aromatic rings. The van der Waals surface area contributed by atoms with Gasteiger partial charge in [0.2, 0.25) is 0 Å². The molecule has 4 N–H and O–H groups in total. The molecule has 0 radical (unpaired) electrons. The number of aliphatic hydroxyl groups is 1. The first-order chi connectivity index (χ1) is 7.79. The smallest absolute Gasteiger partial charge is 0.325 e. The molecule has 0 heterocycles. The minimum Gasteiger partial charge on any atom is -0.480 e. The Bertz CT molecular complexity index is 379. The summed E-state index contributed by atoms with van der Waals surface area (Å²) in [4.78, 5) is 10.7. The molecule has 0 aromatic heterocycles. The predicted octanol–water partition coefficient (Wildman–Crippen LogP) is 1.47. The van der Waals surface area contributed by atoms with E-state index >= 15 is 0 Å². The van der Waals surface area contributed by atoms with Crippen molar-refractivity contribution in [1.29, 1.82) is 0 Å². The standard InChI is InChI=1S/C13H19NO3/c1-13(2,17)8-7-9-3-5-10(6-4-9)11(14)12(15)16/h3-6,11,17H,7-8,14H2,1-2H3,(H,15,16). The molecule has 94 valence electrons. The molecule has 0 aliphatic heterocycles. The van der Waals surface area contributed by atoms with Crippen molar-refractivity contribution >= 4 is 5.97 Å². The second-order valence-electron chi connectivity index (χ2n) is 4.87. The average molecular weight is 237 g/mol. The number of carboxylic acids is 1. The van der Waals surface area contributed by atoms with E-state index in [0.29, 0.717) is 12.0 Å². The second kappa shape index (κ2) is 5.29. The Morgan fingerprint density at radius 3 is 2.29 bits per heavy atom. The summed E-state index contributed by atoms with van der Waals surface area (Å²) in [6, 6.07) is 6.17. The lowest BCUT2D eigenvalue weighted by Gasteiger charge is -2.16. The van der Waals surface area contributed by atoms with Gasteiger partial charge in [0.1, 0.15) is 6.04 Å². The van der Waals surface area contributed by atoms with Crippen LogP contribution in [0, 0.1) is 0 Å². The monoisotopic (exact) mass is 237 g/mol. The summed E-state index contributed by atoms with van der Waals surface area (Å²) in [6.45, 7) is 3.53. The third-order valence-corrected chi connectivity index (χ3v) is 2.63. The fourth-order valence-electron chi connectivity index (χ4n) is 1.48. The van der Waals surface area contributed by atoms with Crippen LogP contribution < -0.4 is 5.73 Å². The van der Waals surface area contributed by atoms with Gasteiger partial charge >= 0.3 is 5.97 Å². The summed E-state index contributed by atoms with van der Waals surface area (Å²) >= 11 is 0. The molecule has 1 aromatic carbocycles. The molecule has 0 aliphatic rings. The third-order valence-electron chi connectivity index (χ3n) is 2.63. The first-order valence-electron chi connectivity index (χ1n) is 5.59. The summed E-state index contributed by atoms with van der Waals surface area (Å²) in [6.07, 6.45) is 1.42. The zero-order valence-corrected chi connectivity index (χ0v) is 10.2. The van der Waals surface area contributed by atoms with Gasteiger partial charge < -0.3 is 15.9 Å². The maximum Gasteiger partial charge on any atom is 0.325 e. The molecule has 17 heavy (non-hydrogen) atoms. The first-order valence-corrected chi connectivity index (χ1v) is 5.59. The van der Waals surface area contributed by atoms with E-state index in [1.165, 1.54) is 0 Å². The lowest BCUT2D eigenvalue weighted by Crippen LogP contribution is -2.21. The maximum absolute atomic E-state index is 10.7. The third kappa shape index (κ3) is 4.54. The van der Waals surface area contributed by atoms with Gasteiger partial charge in [-0.25, -0.2) is 0 Å². The topological polar surface area (TPSA) is 83.5 Å². The fourth-order valence-corrected chi connectivity index (χ4v) is 1.48. The number of hydrogen-bond donors (Lipinski definition) is 3. The Hall–Kier alpha value is -1.39. The molecule has 4 heteroatoms. The predicted molar refractivity (Wildman–Crippen MR) is 65.6 cm³/mol. The molecule has 0 spiro atoms. The van der Waals surface area contributed by atoms with Crippen LogP contribution in [0.5, 0.6) is 0 Å². The molecule has 0 bridgehead atoms. The zero-order valence-electron chi connectivity index (χ0n) is 10.2. The average Bonchev–Trinajstić information content (AvgIpc) is 2.25. The highest BCUT2D eigenvalue weighted by Crippen LogP contribution is 2.16. The molecule has 1 atom stereocenters. The van der Waals surface area contributed by atoms with Crippen molar-refractivity contribution in [3.8, 4) is 0 Å². The number of nitrogens with two attached hydrogens (primary N) is 1. The number of benzene rings is 1. The summed E-state index contributed by atoms with van der Waals surface area (Å²) in [5.74, 6) is -1.03. The van der Waals surface area contributed by atoms with E-state index in [0.717, 1.165) is 12.0 Å². The van der Waals surface area contributed by atoms with E-state index in [2.05, 4.69) is 0 Å². The van der Waals surface area contributed by atoms with Gasteiger partial charge in [0.25, 0.3) is 0 Å². The van der Waals surface area contributed by atoms with E-state index in [-0.39, 0.29) is 0 Å². The van der Waals surface area contributed by atoms with Gasteiger partial charge in [-0.2, -0.15) is 0 Å². The number of aryl methyl sites for hydroxylation is 1. The van der Waals surface area contributed by atoms with Gasteiger partial charge in [-0.3, -0.25) is 4.79 Å². The lowest BCUT2D eigenvalue weighted by atomic mass is 9.97. The Balaban J connectivity index is 2.65. The molecule has 0 saturated heterocycles. The Kier molecular flexibility index (Phi) is 4.26. The van der Waals surface area contributed by atoms with Crippen molar-refractivity contribution in [3.63, 3.8) is 0 Å². The SMILES string of the molecule is CC(C)(O)CCc1ccc(C(N)C(=O)O)cc1. The molecule has 0 saturated carbocycles. The van der Waals surface area contributed by atoms with Crippen molar-refractivity contribution in [2.45, 2.75) is 38.3 Å². The molecule has 4 nitrogen and oxygen atoms in total. The highest BCUT2D eigenvalue weighted by molar-refractivity contribution is 5.75. The number of rotatable bonds is 5. The minimum atomic E-state index is -1.03. The Morgan fingerprint density at radius 2 is 1.88 bits per heavy atom. The van der Waals surface area contributed by atoms with Crippen LogP contribution in [-0.2, 0) is 11.2 Å². The molecular formula is C13H19NO3. The molecule has 1 unspecified atom stereocenters. The van der Waals surface area contributed by atoms with E-state index in [1.54, 1.807) is 26.0 Å². The Labute approximate surface area is 101 Å². The number of carbonyl (C=O) groups is 1. The van der Waals surface area contributed by atoms with Crippen molar-refractivity contribution in [1.82, 2.24) is 0 Å². The van der Waals surface area contributed by atoms with E-state index in [4.69, 9.17) is 10.8 Å². The molecule has 0 amide bonds. The van der Waals surface area contributed by atoms with Crippen LogP contribution >= 0.6 is 0 Å². The van der Waals surface area contributed by atoms with Crippen molar-refractivity contribution in [2.24, 2.45) is 5.73 Å². The van der Waals surface area contributed by atoms with Gasteiger partial charge in [-0.15, -0.1) is 0 Å². The largest absolute Gasteiger partial charge is 0.480 e. The van der Waals surface area contributed by atoms with Crippen molar-refractivity contribution in [3.05, 3.63) is 35.4 Å². The van der Waals surface area contributed by atoms with Gasteiger partial charge in [0.05, 0.1) is 5.60 Å². The number of aliphatic carboxylic acids is 1. The van der Waals surface area contributed by atoms with Crippen LogP contribution in [-0.4, -0.2) is 21.8 Å². The fraction of sp³-hybridized carbons (Fsp3) is 0.462. The van der Waals surface area contributed by atoms with Crippen molar-refractivity contribution < 1.29 is 15.0 Å². The highest BCUT2D eigenvalue weighted by Gasteiger charge is 2.15. The number of carboxylic acid groups (broad SMARTS) is 1. The van der Waals surface area contributed by atoms with E-state index in [9.17, 15) is 9.90 Å². The molecular weight excluding hydrogens is 218 g/mol. The van der Waals surface area contributed by atoms with Gasteiger partial charge in [0, 0.05) is 0 Å². The quantitative estimate of drug-likeness (QED) is 0.724. The van der Waals surface area contributed by atoms with Gasteiger partial charge in [0.15, 0.2) is 0 Å². The summed E-state index contributed by atoms with van der Waals surface area (Å²) < 4.78 is 0. The zero-order chi connectivity index (χ0) is 13.1. The summed E-state index contributed by atoms with van der Waals surface area (Å²) in [5.41, 5.74) is 6.46.